The van der Waals surface area contributed by atoms with Crippen molar-refractivity contribution in [2.75, 3.05) is 13.2 Å². The molecular formula is C72H132O6. The summed E-state index contributed by atoms with van der Waals surface area (Å²) in [5.41, 5.74) is 0. The van der Waals surface area contributed by atoms with Crippen LogP contribution in [0.5, 0.6) is 0 Å². The third kappa shape index (κ3) is 64.2. The molecule has 456 valence electrons. The summed E-state index contributed by atoms with van der Waals surface area (Å²) in [5.74, 6) is -0.848. The van der Waals surface area contributed by atoms with E-state index in [2.05, 4.69) is 69.4 Å². The number of allylic oxidation sites excluding steroid dienone is 8. The van der Waals surface area contributed by atoms with Crippen LogP contribution in [0, 0.1) is 0 Å². The van der Waals surface area contributed by atoms with Crippen molar-refractivity contribution in [1.82, 2.24) is 0 Å². The Morgan fingerprint density at radius 1 is 0.256 bits per heavy atom. The van der Waals surface area contributed by atoms with Crippen LogP contribution in [0.4, 0.5) is 0 Å². The maximum atomic E-state index is 12.9. The number of unbranched alkanes of at least 4 members (excludes halogenated alkanes) is 45. The van der Waals surface area contributed by atoms with Crippen LogP contribution in [0.1, 0.15) is 374 Å². The summed E-state index contributed by atoms with van der Waals surface area (Å²) in [6, 6.07) is 0. The maximum absolute atomic E-state index is 12.9. The van der Waals surface area contributed by atoms with Crippen molar-refractivity contribution in [2.45, 2.75) is 380 Å². The monoisotopic (exact) mass is 1090 g/mol. The molecule has 1 unspecified atom stereocenters. The Balaban J connectivity index is 4.20. The topological polar surface area (TPSA) is 78.9 Å². The molecule has 0 fully saturated rings. The van der Waals surface area contributed by atoms with E-state index in [1.165, 1.54) is 263 Å². The van der Waals surface area contributed by atoms with Gasteiger partial charge in [-0.05, 0) is 83.5 Å². The Morgan fingerprint density at radius 2 is 0.462 bits per heavy atom. The van der Waals surface area contributed by atoms with Crippen LogP contribution in [0.15, 0.2) is 48.6 Å². The lowest BCUT2D eigenvalue weighted by atomic mass is 10.0. The van der Waals surface area contributed by atoms with Gasteiger partial charge in [-0.3, -0.25) is 14.4 Å². The fourth-order valence-electron chi connectivity index (χ4n) is 10.3. The molecule has 0 saturated carbocycles. The summed E-state index contributed by atoms with van der Waals surface area (Å²) in [4.78, 5) is 38.3. The highest BCUT2D eigenvalue weighted by atomic mass is 16.6. The second kappa shape index (κ2) is 66.9. The third-order valence-corrected chi connectivity index (χ3v) is 15.6. The van der Waals surface area contributed by atoms with Crippen molar-refractivity contribution in [3.8, 4) is 0 Å². The molecule has 0 spiro atoms. The summed E-state index contributed by atoms with van der Waals surface area (Å²) in [7, 11) is 0. The van der Waals surface area contributed by atoms with Gasteiger partial charge in [-0.1, -0.05) is 320 Å². The molecule has 0 bridgehead atoms. The van der Waals surface area contributed by atoms with Gasteiger partial charge in [-0.25, -0.2) is 0 Å². The van der Waals surface area contributed by atoms with E-state index in [-0.39, 0.29) is 31.1 Å². The van der Waals surface area contributed by atoms with Crippen LogP contribution in [0.2, 0.25) is 0 Å². The number of esters is 3. The minimum atomic E-state index is -0.772. The van der Waals surface area contributed by atoms with Gasteiger partial charge in [0.25, 0.3) is 0 Å². The Hall–Kier alpha value is -2.63. The Morgan fingerprint density at radius 3 is 0.731 bits per heavy atom. The first-order valence-electron chi connectivity index (χ1n) is 34.6. The second-order valence-corrected chi connectivity index (χ2v) is 23.4. The molecule has 78 heavy (non-hydrogen) atoms. The predicted octanol–water partition coefficient (Wildman–Crippen LogP) is 23.7. The average molecular weight is 1090 g/mol. The van der Waals surface area contributed by atoms with Gasteiger partial charge in [0.05, 0.1) is 0 Å². The molecule has 0 rings (SSSR count). The zero-order valence-electron chi connectivity index (χ0n) is 52.5. The van der Waals surface area contributed by atoms with Gasteiger partial charge in [0.1, 0.15) is 13.2 Å². The molecule has 1 atom stereocenters. The average Bonchev–Trinajstić information content (AvgIpc) is 3.44. The normalized spacial score (nSPS) is 12.3. The summed E-state index contributed by atoms with van der Waals surface area (Å²) in [5, 5.41) is 0. The highest BCUT2D eigenvalue weighted by molar-refractivity contribution is 5.71. The number of carbonyl (C=O) groups excluding carboxylic acids is 3. The third-order valence-electron chi connectivity index (χ3n) is 15.6. The van der Waals surface area contributed by atoms with Gasteiger partial charge < -0.3 is 14.2 Å². The quantitative estimate of drug-likeness (QED) is 0.0261. The van der Waals surface area contributed by atoms with Crippen LogP contribution in [0.3, 0.4) is 0 Å². The number of hydrogen-bond donors (Lipinski definition) is 0. The van der Waals surface area contributed by atoms with E-state index in [0.717, 1.165) is 70.6 Å². The first-order valence-corrected chi connectivity index (χ1v) is 34.6. The number of carbonyl (C=O) groups is 3. The van der Waals surface area contributed by atoms with Crippen LogP contribution in [-0.2, 0) is 28.6 Å². The molecule has 0 heterocycles. The lowest BCUT2D eigenvalue weighted by molar-refractivity contribution is -0.167. The van der Waals surface area contributed by atoms with E-state index in [1.807, 2.05) is 0 Å². The molecule has 0 amide bonds. The van der Waals surface area contributed by atoms with E-state index < -0.39 is 6.10 Å². The molecule has 0 aliphatic rings. The van der Waals surface area contributed by atoms with Crippen molar-refractivity contribution in [1.29, 1.82) is 0 Å². The van der Waals surface area contributed by atoms with Gasteiger partial charge in [-0.2, -0.15) is 0 Å². The van der Waals surface area contributed by atoms with E-state index in [1.54, 1.807) is 0 Å². The zero-order valence-corrected chi connectivity index (χ0v) is 52.5. The molecule has 0 aromatic rings. The molecule has 0 radical (unpaired) electrons. The minimum absolute atomic E-state index is 0.0690. The lowest BCUT2D eigenvalue weighted by Crippen LogP contribution is -2.30. The van der Waals surface area contributed by atoms with Crippen LogP contribution < -0.4 is 0 Å². The van der Waals surface area contributed by atoms with E-state index in [0.29, 0.717) is 19.3 Å². The maximum Gasteiger partial charge on any atom is 0.306 e. The number of hydrogen-bond acceptors (Lipinski definition) is 6. The minimum Gasteiger partial charge on any atom is -0.462 e. The largest absolute Gasteiger partial charge is 0.462 e. The van der Waals surface area contributed by atoms with Gasteiger partial charge in [0.2, 0.25) is 0 Å². The summed E-state index contributed by atoms with van der Waals surface area (Å²) < 4.78 is 17.0. The van der Waals surface area contributed by atoms with Gasteiger partial charge in [-0.15, -0.1) is 0 Å². The van der Waals surface area contributed by atoms with Crippen molar-refractivity contribution in [3.05, 3.63) is 48.6 Å². The first kappa shape index (κ1) is 75.4. The predicted molar refractivity (Wildman–Crippen MR) is 339 cm³/mol. The Labute approximate surface area is 486 Å². The van der Waals surface area contributed by atoms with E-state index >= 15 is 0 Å². The molecule has 0 N–H and O–H groups in total. The van der Waals surface area contributed by atoms with Crippen LogP contribution in [-0.4, -0.2) is 37.2 Å². The lowest BCUT2D eigenvalue weighted by Gasteiger charge is -2.18. The van der Waals surface area contributed by atoms with Gasteiger partial charge >= 0.3 is 17.9 Å². The van der Waals surface area contributed by atoms with Gasteiger partial charge in [0, 0.05) is 19.3 Å². The molecule has 0 aliphatic heterocycles. The molecule has 6 nitrogen and oxygen atoms in total. The number of rotatable bonds is 64. The van der Waals surface area contributed by atoms with Crippen molar-refractivity contribution in [3.63, 3.8) is 0 Å². The van der Waals surface area contributed by atoms with Crippen molar-refractivity contribution < 1.29 is 28.6 Å². The van der Waals surface area contributed by atoms with Crippen LogP contribution in [0.25, 0.3) is 0 Å². The van der Waals surface area contributed by atoms with Crippen molar-refractivity contribution >= 4 is 17.9 Å². The number of ether oxygens (including phenoxy) is 3. The second-order valence-electron chi connectivity index (χ2n) is 23.4. The SMILES string of the molecule is CCCCCCC/C=C\C/C=C\C/C=C\CCCCCCCCCCCCCCCCC(=O)OCC(COC(=O)CCCCCCCCCCCCCC)OC(=O)CCCCCCCCCCC/C=C\CCCCCCCC. The molecule has 0 aromatic heterocycles. The van der Waals surface area contributed by atoms with E-state index in [9.17, 15) is 14.4 Å². The smallest absolute Gasteiger partial charge is 0.306 e. The van der Waals surface area contributed by atoms with Crippen molar-refractivity contribution in [2.24, 2.45) is 0 Å². The van der Waals surface area contributed by atoms with E-state index in [4.69, 9.17) is 14.2 Å². The zero-order chi connectivity index (χ0) is 56.4. The fourth-order valence-corrected chi connectivity index (χ4v) is 10.3. The Kier molecular flexibility index (Phi) is 64.6. The summed E-state index contributed by atoms with van der Waals surface area (Å²) in [6.45, 7) is 6.68. The standard InChI is InChI=1S/C72H132O6/c1-4-7-10-13-16-19-22-25-27-29-31-32-33-34-35-36-37-38-39-40-42-43-45-47-50-53-56-59-62-65-71(74)77-68-69(67-76-70(73)64-61-58-55-52-49-24-21-18-15-12-9-6-3)78-72(75)66-63-60-57-54-51-48-46-44-41-30-28-26-23-20-17-14-11-8-5-2/h22,25-26,28-29,31,33-34,69H,4-21,23-24,27,30,32,35-68H2,1-3H3/b25-22-,28-26-,31-29-,34-33-. The molecule has 0 saturated heterocycles. The highest BCUT2D eigenvalue weighted by Crippen LogP contribution is 2.18. The molecule has 0 aliphatic carbocycles. The summed E-state index contributed by atoms with van der Waals surface area (Å²) >= 11 is 0. The molecule has 6 heteroatoms. The van der Waals surface area contributed by atoms with Gasteiger partial charge in [0.15, 0.2) is 6.10 Å². The molecule has 0 aromatic carbocycles. The highest BCUT2D eigenvalue weighted by Gasteiger charge is 2.19. The summed E-state index contributed by atoms with van der Waals surface area (Å²) in [6.07, 6.45) is 84.2. The molecular weight excluding hydrogens is 961 g/mol. The first-order chi connectivity index (χ1) is 38.5. The fraction of sp³-hybridized carbons (Fsp3) is 0.847. The Bertz CT molecular complexity index is 1350. The van der Waals surface area contributed by atoms with Crippen LogP contribution >= 0.6 is 0 Å².